The van der Waals surface area contributed by atoms with Crippen LogP contribution in [0.3, 0.4) is 0 Å². The zero-order valence-corrected chi connectivity index (χ0v) is 11.7. The number of rotatable bonds is 9. The lowest BCUT2D eigenvalue weighted by molar-refractivity contribution is -0.130. The Hall–Kier alpha value is -0.530. The molecule has 1 amide bonds. The van der Waals surface area contributed by atoms with E-state index in [1.54, 1.807) is 0 Å². The molecular formula is C15H29NO. The van der Waals surface area contributed by atoms with E-state index in [9.17, 15) is 4.79 Å². The van der Waals surface area contributed by atoms with Gasteiger partial charge in [-0.15, -0.1) is 0 Å². The van der Waals surface area contributed by atoms with Crippen molar-refractivity contribution in [2.75, 3.05) is 13.1 Å². The van der Waals surface area contributed by atoms with E-state index in [4.69, 9.17) is 0 Å². The second kappa shape index (κ2) is 8.54. The summed E-state index contributed by atoms with van der Waals surface area (Å²) >= 11 is 0. The lowest BCUT2D eigenvalue weighted by Crippen LogP contribution is -2.27. The summed E-state index contributed by atoms with van der Waals surface area (Å²) in [6, 6.07) is 0. The molecule has 1 rings (SSSR count). The van der Waals surface area contributed by atoms with E-state index >= 15 is 0 Å². The molecule has 1 saturated heterocycles. The molecule has 0 aliphatic carbocycles. The van der Waals surface area contributed by atoms with Gasteiger partial charge in [0.05, 0.1) is 0 Å². The summed E-state index contributed by atoms with van der Waals surface area (Å²) in [5.74, 6) is 0.664. The quantitative estimate of drug-likeness (QED) is 0.557. The van der Waals surface area contributed by atoms with Gasteiger partial charge in [0, 0.05) is 19.0 Å². The van der Waals surface area contributed by atoms with Gasteiger partial charge in [0.1, 0.15) is 0 Å². The monoisotopic (exact) mass is 239 g/mol. The van der Waals surface area contributed by atoms with Gasteiger partial charge in [-0.3, -0.25) is 4.79 Å². The molecule has 1 fully saturated rings. The Kier molecular flexibility index (Phi) is 7.30. The van der Waals surface area contributed by atoms with E-state index < -0.39 is 0 Å². The van der Waals surface area contributed by atoms with Crippen molar-refractivity contribution in [1.29, 1.82) is 0 Å². The molecule has 1 atom stereocenters. The van der Waals surface area contributed by atoms with Crippen molar-refractivity contribution < 1.29 is 4.79 Å². The van der Waals surface area contributed by atoms with Crippen molar-refractivity contribution in [2.24, 2.45) is 5.92 Å². The maximum absolute atomic E-state index is 11.7. The van der Waals surface area contributed by atoms with E-state index in [1.165, 1.54) is 51.4 Å². The maximum Gasteiger partial charge on any atom is 0.225 e. The number of likely N-dealkylation sites (tertiary alicyclic amines) is 1. The molecule has 0 aromatic carbocycles. The van der Waals surface area contributed by atoms with Crippen molar-refractivity contribution in [3.05, 3.63) is 0 Å². The third kappa shape index (κ3) is 5.56. The summed E-state index contributed by atoms with van der Waals surface area (Å²) in [4.78, 5) is 13.7. The third-order valence-corrected chi connectivity index (χ3v) is 3.85. The zero-order chi connectivity index (χ0) is 12.5. The molecule has 2 heteroatoms. The molecule has 1 unspecified atom stereocenters. The van der Waals surface area contributed by atoms with Gasteiger partial charge in [0.25, 0.3) is 0 Å². The highest BCUT2D eigenvalue weighted by Gasteiger charge is 2.26. The van der Waals surface area contributed by atoms with Crippen LogP contribution in [0.2, 0.25) is 0 Å². The summed E-state index contributed by atoms with van der Waals surface area (Å²) in [6.45, 7) is 6.30. The van der Waals surface area contributed by atoms with E-state index in [0.717, 1.165) is 19.5 Å². The van der Waals surface area contributed by atoms with Crippen molar-refractivity contribution in [1.82, 2.24) is 4.90 Å². The number of hydrogen-bond donors (Lipinski definition) is 0. The number of amides is 1. The summed E-state index contributed by atoms with van der Waals surface area (Å²) < 4.78 is 0. The van der Waals surface area contributed by atoms with Crippen molar-refractivity contribution in [2.45, 2.75) is 71.6 Å². The van der Waals surface area contributed by atoms with Crippen LogP contribution in [0.15, 0.2) is 0 Å². The first kappa shape index (κ1) is 14.5. The van der Waals surface area contributed by atoms with E-state index in [2.05, 4.69) is 18.7 Å². The molecule has 0 bridgehead atoms. The Balaban J connectivity index is 1.89. The molecule has 0 spiro atoms. The SMILES string of the molecule is CCCCCCCCCCN1CCC(C)C1=O. The van der Waals surface area contributed by atoms with Crippen LogP contribution in [0.5, 0.6) is 0 Å². The minimum atomic E-state index is 0.282. The topological polar surface area (TPSA) is 20.3 Å². The Morgan fingerprint density at radius 1 is 1.06 bits per heavy atom. The Morgan fingerprint density at radius 2 is 1.65 bits per heavy atom. The van der Waals surface area contributed by atoms with Gasteiger partial charge in [-0.25, -0.2) is 0 Å². The predicted octanol–water partition coefficient (Wildman–Crippen LogP) is 4.00. The number of nitrogens with zero attached hydrogens (tertiary/aromatic N) is 1. The Morgan fingerprint density at radius 3 is 2.18 bits per heavy atom. The van der Waals surface area contributed by atoms with Crippen LogP contribution in [0, 0.1) is 5.92 Å². The Bertz CT molecular complexity index is 215. The number of carbonyl (C=O) groups excluding carboxylic acids is 1. The molecule has 0 N–H and O–H groups in total. The number of unbranched alkanes of at least 4 members (excludes halogenated alkanes) is 7. The molecule has 0 aromatic rings. The first-order valence-corrected chi connectivity index (χ1v) is 7.54. The van der Waals surface area contributed by atoms with Crippen LogP contribution in [-0.2, 0) is 4.79 Å². The second-order valence-electron chi connectivity index (χ2n) is 5.49. The van der Waals surface area contributed by atoms with Gasteiger partial charge >= 0.3 is 0 Å². The van der Waals surface area contributed by atoms with Gasteiger partial charge in [-0.05, 0) is 12.8 Å². The Labute approximate surface area is 107 Å². The summed E-state index contributed by atoms with van der Waals surface area (Å²) in [5, 5.41) is 0. The number of hydrogen-bond acceptors (Lipinski definition) is 1. The second-order valence-corrected chi connectivity index (χ2v) is 5.49. The molecule has 2 nitrogen and oxygen atoms in total. The summed E-state index contributed by atoms with van der Waals surface area (Å²) in [6.07, 6.45) is 11.8. The lowest BCUT2D eigenvalue weighted by Gasteiger charge is -2.15. The van der Waals surface area contributed by atoms with Crippen LogP contribution in [0.25, 0.3) is 0 Å². The fourth-order valence-electron chi connectivity index (χ4n) is 2.55. The highest BCUT2D eigenvalue weighted by molar-refractivity contribution is 5.80. The normalized spacial score (nSPS) is 20.2. The highest BCUT2D eigenvalue weighted by atomic mass is 16.2. The van der Waals surface area contributed by atoms with E-state index in [0.29, 0.717) is 5.91 Å². The largest absolute Gasteiger partial charge is 0.342 e. The molecule has 1 aliphatic heterocycles. The number of carbonyl (C=O) groups is 1. The maximum atomic E-state index is 11.7. The average molecular weight is 239 g/mol. The molecule has 0 radical (unpaired) electrons. The van der Waals surface area contributed by atoms with Crippen molar-refractivity contribution in [3.8, 4) is 0 Å². The van der Waals surface area contributed by atoms with Gasteiger partial charge in [0.15, 0.2) is 0 Å². The third-order valence-electron chi connectivity index (χ3n) is 3.85. The van der Waals surface area contributed by atoms with Crippen molar-refractivity contribution in [3.63, 3.8) is 0 Å². The zero-order valence-electron chi connectivity index (χ0n) is 11.7. The molecule has 100 valence electrons. The molecule has 0 saturated carbocycles. The summed E-state index contributed by atoms with van der Waals surface area (Å²) in [7, 11) is 0. The van der Waals surface area contributed by atoms with E-state index in [-0.39, 0.29) is 5.92 Å². The fraction of sp³-hybridized carbons (Fsp3) is 0.933. The van der Waals surface area contributed by atoms with Crippen LogP contribution in [0.4, 0.5) is 0 Å². The van der Waals surface area contributed by atoms with E-state index in [1.807, 2.05) is 0 Å². The van der Waals surface area contributed by atoms with Gasteiger partial charge in [0.2, 0.25) is 5.91 Å². The van der Waals surface area contributed by atoms with Gasteiger partial charge < -0.3 is 4.90 Å². The van der Waals surface area contributed by atoms with Gasteiger partial charge in [-0.1, -0.05) is 58.8 Å². The minimum Gasteiger partial charge on any atom is -0.342 e. The smallest absolute Gasteiger partial charge is 0.225 e. The molecule has 1 aliphatic rings. The molecule has 0 aromatic heterocycles. The van der Waals surface area contributed by atoms with Crippen LogP contribution >= 0.6 is 0 Å². The summed E-state index contributed by atoms with van der Waals surface area (Å²) in [5.41, 5.74) is 0. The first-order valence-electron chi connectivity index (χ1n) is 7.54. The van der Waals surface area contributed by atoms with Gasteiger partial charge in [-0.2, -0.15) is 0 Å². The first-order chi connectivity index (χ1) is 8.25. The minimum absolute atomic E-state index is 0.282. The molecular weight excluding hydrogens is 210 g/mol. The fourth-order valence-corrected chi connectivity index (χ4v) is 2.55. The standard InChI is InChI=1S/C15H29NO/c1-3-4-5-6-7-8-9-10-12-16-13-11-14(2)15(16)17/h14H,3-13H2,1-2H3. The van der Waals surface area contributed by atoms with Crippen molar-refractivity contribution >= 4 is 5.91 Å². The highest BCUT2D eigenvalue weighted by Crippen LogP contribution is 2.18. The lowest BCUT2D eigenvalue weighted by atomic mass is 10.1. The van der Waals surface area contributed by atoms with Crippen LogP contribution < -0.4 is 0 Å². The average Bonchev–Trinajstić information content (AvgIpc) is 2.64. The molecule has 1 heterocycles. The van der Waals surface area contributed by atoms with Crippen LogP contribution in [0.1, 0.15) is 71.6 Å². The van der Waals surface area contributed by atoms with Crippen LogP contribution in [-0.4, -0.2) is 23.9 Å². The predicted molar refractivity (Wildman–Crippen MR) is 73.0 cm³/mol. The molecule has 17 heavy (non-hydrogen) atoms.